The first kappa shape index (κ1) is 17.8. The maximum atomic E-state index is 12.7. The van der Waals surface area contributed by atoms with Crippen LogP contribution in [0.3, 0.4) is 0 Å². The number of rotatable bonds is 5. The highest BCUT2D eigenvalue weighted by Crippen LogP contribution is 2.30. The number of anilines is 1. The molecule has 7 heteroatoms. The number of hydrogen-bond donors (Lipinski definition) is 1. The highest BCUT2D eigenvalue weighted by atomic mass is 16.5. The lowest BCUT2D eigenvalue weighted by Crippen LogP contribution is -2.20. The molecule has 1 aromatic carbocycles. The van der Waals surface area contributed by atoms with Crippen molar-refractivity contribution in [3.05, 3.63) is 60.1 Å². The van der Waals surface area contributed by atoms with Gasteiger partial charge in [0.1, 0.15) is 18.1 Å². The molecule has 0 atom stereocenters. The van der Waals surface area contributed by atoms with Crippen LogP contribution in [-0.4, -0.2) is 27.8 Å². The minimum absolute atomic E-state index is 0.0377. The molecule has 0 spiro atoms. The summed E-state index contributed by atoms with van der Waals surface area (Å²) in [6.07, 6.45) is 3.32. The molecule has 28 heavy (non-hydrogen) atoms. The van der Waals surface area contributed by atoms with Gasteiger partial charge in [-0.15, -0.1) is 0 Å². The third-order valence-corrected chi connectivity index (χ3v) is 4.52. The van der Waals surface area contributed by atoms with Gasteiger partial charge in [0.25, 0.3) is 0 Å². The Hall–Kier alpha value is -3.61. The van der Waals surface area contributed by atoms with E-state index in [9.17, 15) is 4.79 Å². The van der Waals surface area contributed by atoms with Crippen molar-refractivity contribution in [2.45, 2.75) is 20.4 Å². The standard InChI is InChI=1S/C21H20N4O3/c1-13-6-7-18(27-3)16(11-13)23-19(26)12-25-21-20(14(2)24-25)15(8-9-22-21)17-5-4-10-28-17/h4-11H,12H2,1-3H3,(H,23,26). The first-order valence-electron chi connectivity index (χ1n) is 8.87. The summed E-state index contributed by atoms with van der Waals surface area (Å²) in [5.41, 5.74) is 3.99. The Bertz CT molecular complexity index is 1150. The van der Waals surface area contributed by atoms with E-state index in [2.05, 4.69) is 15.4 Å². The molecule has 1 N–H and O–H groups in total. The smallest absolute Gasteiger partial charge is 0.246 e. The molecule has 3 heterocycles. The van der Waals surface area contributed by atoms with Crippen LogP contribution in [0.25, 0.3) is 22.4 Å². The van der Waals surface area contributed by atoms with Crippen LogP contribution >= 0.6 is 0 Å². The van der Waals surface area contributed by atoms with Crippen molar-refractivity contribution >= 4 is 22.6 Å². The predicted octanol–water partition coefficient (Wildman–Crippen LogP) is 3.96. The molecule has 0 bridgehead atoms. The van der Waals surface area contributed by atoms with Gasteiger partial charge < -0.3 is 14.5 Å². The van der Waals surface area contributed by atoms with Gasteiger partial charge in [-0.2, -0.15) is 5.10 Å². The maximum Gasteiger partial charge on any atom is 0.246 e. The Balaban J connectivity index is 1.65. The average molecular weight is 376 g/mol. The van der Waals surface area contributed by atoms with E-state index in [0.717, 1.165) is 28.0 Å². The largest absolute Gasteiger partial charge is 0.495 e. The Morgan fingerprint density at radius 3 is 2.86 bits per heavy atom. The van der Waals surface area contributed by atoms with Gasteiger partial charge in [0.05, 0.1) is 30.1 Å². The third-order valence-electron chi connectivity index (χ3n) is 4.52. The molecule has 0 aliphatic carbocycles. The summed E-state index contributed by atoms with van der Waals surface area (Å²) in [7, 11) is 1.57. The Morgan fingerprint density at radius 1 is 1.25 bits per heavy atom. The number of nitrogens with one attached hydrogen (secondary N) is 1. The van der Waals surface area contributed by atoms with E-state index in [1.807, 2.05) is 50.2 Å². The Kier molecular flexibility index (Phi) is 4.57. The lowest BCUT2D eigenvalue weighted by atomic mass is 10.1. The van der Waals surface area contributed by atoms with E-state index >= 15 is 0 Å². The summed E-state index contributed by atoms with van der Waals surface area (Å²) >= 11 is 0. The van der Waals surface area contributed by atoms with Crippen molar-refractivity contribution in [1.82, 2.24) is 14.8 Å². The molecule has 0 aliphatic rings. The van der Waals surface area contributed by atoms with Crippen LogP contribution in [0.15, 0.2) is 53.3 Å². The zero-order valence-electron chi connectivity index (χ0n) is 15.9. The number of carbonyl (C=O) groups excluding carboxylic acids is 1. The minimum atomic E-state index is -0.210. The lowest BCUT2D eigenvalue weighted by molar-refractivity contribution is -0.116. The van der Waals surface area contributed by atoms with Crippen LogP contribution in [-0.2, 0) is 11.3 Å². The van der Waals surface area contributed by atoms with Gasteiger partial charge in [-0.25, -0.2) is 9.67 Å². The van der Waals surface area contributed by atoms with Gasteiger partial charge in [0.2, 0.25) is 5.91 Å². The van der Waals surface area contributed by atoms with E-state index in [4.69, 9.17) is 9.15 Å². The number of aryl methyl sites for hydroxylation is 2. The van der Waals surface area contributed by atoms with Gasteiger partial charge in [-0.1, -0.05) is 6.07 Å². The van der Waals surface area contributed by atoms with Crippen LogP contribution in [0.4, 0.5) is 5.69 Å². The number of aromatic nitrogens is 3. The highest BCUT2D eigenvalue weighted by Gasteiger charge is 2.17. The van der Waals surface area contributed by atoms with Crippen molar-refractivity contribution in [1.29, 1.82) is 0 Å². The number of benzene rings is 1. The summed E-state index contributed by atoms with van der Waals surface area (Å²) in [5, 5.41) is 8.29. The number of methoxy groups -OCH3 is 1. The minimum Gasteiger partial charge on any atom is -0.495 e. The molecule has 142 valence electrons. The fourth-order valence-electron chi connectivity index (χ4n) is 3.27. The molecular weight excluding hydrogens is 356 g/mol. The quantitative estimate of drug-likeness (QED) is 0.570. The van der Waals surface area contributed by atoms with Gasteiger partial charge >= 0.3 is 0 Å². The normalized spacial score (nSPS) is 11.0. The summed E-state index contributed by atoms with van der Waals surface area (Å²) in [6.45, 7) is 3.89. The monoisotopic (exact) mass is 376 g/mol. The van der Waals surface area contributed by atoms with Crippen LogP contribution in [0.1, 0.15) is 11.3 Å². The van der Waals surface area contributed by atoms with Crippen molar-refractivity contribution in [3.8, 4) is 17.1 Å². The molecule has 0 saturated heterocycles. The van der Waals surface area contributed by atoms with E-state index in [0.29, 0.717) is 17.1 Å². The van der Waals surface area contributed by atoms with E-state index in [1.165, 1.54) is 0 Å². The molecule has 4 rings (SSSR count). The molecular formula is C21H20N4O3. The second-order valence-electron chi connectivity index (χ2n) is 6.53. The first-order chi connectivity index (χ1) is 13.6. The SMILES string of the molecule is COc1ccc(C)cc1NC(=O)Cn1nc(C)c2c(-c3ccco3)ccnc21. The topological polar surface area (TPSA) is 82.2 Å². The second-order valence-corrected chi connectivity index (χ2v) is 6.53. The summed E-state index contributed by atoms with van der Waals surface area (Å²) in [4.78, 5) is 17.1. The van der Waals surface area contributed by atoms with Crippen LogP contribution in [0.2, 0.25) is 0 Å². The average Bonchev–Trinajstić information content (AvgIpc) is 3.31. The number of carbonyl (C=O) groups is 1. The Labute approximate surface area is 161 Å². The molecule has 0 unspecified atom stereocenters. The second kappa shape index (κ2) is 7.19. The number of furan rings is 1. The number of amides is 1. The first-order valence-corrected chi connectivity index (χ1v) is 8.87. The molecule has 0 aliphatic heterocycles. The molecule has 3 aromatic heterocycles. The fraction of sp³-hybridized carbons (Fsp3) is 0.190. The van der Waals surface area contributed by atoms with Crippen LogP contribution in [0.5, 0.6) is 5.75 Å². The van der Waals surface area contributed by atoms with E-state index < -0.39 is 0 Å². The number of fused-ring (bicyclic) bond motifs is 1. The van der Waals surface area contributed by atoms with Crippen molar-refractivity contribution < 1.29 is 13.9 Å². The molecule has 0 radical (unpaired) electrons. The molecule has 7 nitrogen and oxygen atoms in total. The van der Waals surface area contributed by atoms with Gasteiger partial charge in [0.15, 0.2) is 5.65 Å². The van der Waals surface area contributed by atoms with E-state index in [-0.39, 0.29) is 12.5 Å². The van der Waals surface area contributed by atoms with Crippen molar-refractivity contribution in [2.24, 2.45) is 0 Å². The van der Waals surface area contributed by atoms with Gasteiger partial charge in [-0.3, -0.25) is 4.79 Å². The lowest BCUT2D eigenvalue weighted by Gasteiger charge is -2.11. The number of ether oxygens (including phenoxy) is 1. The zero-order valence-corrected chi connectivity index (χ0v) is 15.9. The van der Waals surface area contributed by atoms with Crippen LogP contribution < -0.4 is 10.1 Å². The maximum absolute atomic E-state index is 12.7. The summed E-state index contributed by atoms with van der Waals surface area (Å²) in [5.74, 6) is 1.14. The molecule has 0 fully saturated rings. The highest BCUT2D eigenvalue weighted by molar-refractivity contribution is 5.96. The molecule has 1 amide bonds. The summed E-state index contributed by atoms with van der Waals surface area (Å²) < 4.78 is 12.5. The molecule has 0 saturated carbocycles. The number of nitrogens with zero attached hydrogens (tertiary/aromatic N) is 3. The number of hydrogen-bond acceptors (Lipinski definition) is 5. The van der Waals surface area contributed by atoms with Gasteiger partial charge in [-0.05, 0) is 49.7 Å². The summed E-state index contributed by atoms with van der Waals surface area (Å²) in [6, 6.07) is 11.2. The number of pyridine rings is 1. The van der Waals surface area contributed by atoms with Crippen molar-refractivity contribution in [2.75, 3.05) is 12.4 Å². The zero-order chi connectivity index (χ0) is 19.7. The predicted molar refractivity (Wildman–Crippen MR) is 106 cm³/mol. The fourth-order valence-corrected chi connectivity index (χ4v) is 3.27. The molecule has 4 aromatic rings. The van der Waals surface area contributed by atoms with Crippen LogP contribution in [0, 0.1) is 13.8 Å². The third kappa shape index (κ3) is 3.22. The van der Waals surface area contributed by atoms with Gasteiger partial charge in [0, 0.05) is 11.8 Å². The Morgan fingerprint density at radius 2 is 2.11 bits per heavy atom. The van der Waals surface area contributed by atoms with Crippen molar-refractivity contribution in [3.63, 3.8) is 0 Å². The van der Waals surface area contributed by atoms with E-state index in [1.54, 1.807) is 24.3 Å².